The van der Waals surface area contributed by atoms with Gasteiger partial charge in [0.1, 0.15) is 5.82 Å². The van der Waals surface area contributed by atoms with Gasteiger partial charge in [-0.25, -0.2) is 4.98 Å². The summed E-state index contributed by atoms with van der Waals surface area (Å²) in [6.45, 7) is 4.43. The number of hydrogen-bond acceptors (Lipinski definition) is 6. The van der Waals surface area contributed by atoms with Gasteiger partial charge in [-0.3, -0.25) is 4.98 Å². The Morgan fingerprint density at radius 1 is 1.23 bits per heavy atom. The summed E-state index contributed by atoms with van der Waals surface area (Å²) in [4.78, 5) is 13.4. The number of aromatic nitrogens is 3. The van der Waals surface area contributed by atoms with Crippen LogP contribution in [0.1, 0.15) is 19.8 Å². The number of nitrogens with zero attached hydrogens (tertiary/aromatic N) is 3. The molecule has 0 aromatic carbocycles. The number of pyridine rings is 1. The Morgan fingerprint density at radius 3 is 2.91 bits per heavy atom. The largest absolute Gasteiger partial charge is 0.376 e. The molecule has 3 rings (SSSR count). The van der Waals surface area contributed by atoms with Crippen LogP contribution in [0.5, 0.6) is 0 Å². The van der Waals surface area contributed by atoms with Gasteiger partial charge in [-0.15, -0.1) is 0 Å². The zero-order valence-electron chi connectivity index (χ0n) is 12.7. The molecular weight excluding hydrogens is 278 g/mol. The Labute approximate surface area is 130 Å². The van der Waals surface area contributed by atoms with Gasteiger partial charge in [-0.1, -0.05) is 6.07 Å². The molecular formula is C16H21N5O. The standard InChI is InChI=1S/C16H21N5O/c1-2-17-16-20-14(13-7-3-4-8-18-13)10-15(21-16)19-11-12-6-5-9-22-12/h3-4,7-8,10,12H,2,5-6,9,11H2,1H3,(H2,17,19,20,21)/t12-/m0/s1. The highest BCUT2D eigenvalue weighted by Crippen LogP contribution is 2.20. The van der Waals surface area contributed by atoms with E-state index in [1.165, 1.54) is 0 Å². The Bertz CT molecular complexity index is 599. The molecule has 1 fully saturated rings. The molecule has 0 radical (unpaired) electrons. The van der Waals surface area contributed by atoms with Crippen molar-refractivity contribution in [2.75, 3.05) is 30.3 Å². The summed E-state index contributed by atoms with van der Waals surface area (Å²) in [7, 11) is 0. The second-order valence-corrected chi connectivity index (χ2v) is 5.22. The zero-order chi connectivity index (χ0) is 15.2. The molecule has 116 valence electrons. The molecule has 0 bridgehead atoms. The second-order valence-electron chi connectivity index (χ2n) is 5.22. The van der Waals surface area contributed by atoms with Gasteiger partial charge < -0.3 is 15.4 Å². The van der Waals surface area contributed by atoms with Crippen molar-refractivity contribution in [1.29, 1.82) is 0 Å². The minimum Gasteiger partial charge on any atom is -0.376 e. The van der Waals surface area contributed by atoms with Crippen LogP contribution in [-0.4, -0.2) is 40.8 Å². The molecule has 2 aromatic rings. The first kappa shape index (κ1) is 14.7. The van der Waals surface area contributed by atoms with Crippen molar-refractivity contribution in [3.8, 4) is 11.4 Å². The van der Waals surface area contributed by atoms with Crippen LogP contribution in [0.3, 0.4) is 0 Å². The first-order chi connectivity index (χ1) is 10.8. The van der Waals surface area contributed by atoms with Crippen molar-refractivity contribution in [2.24, 2.45) is 0 Å². The fourth-order valence-electron chi connectivity index (χ4n) is 2.44. The summed E-state index contributed by atoms with van der Waals surface area (Å²) in [5.74, 6) is 1.41. The summed E-state index contributed by atoms with van der Waals surface area (Å²) in [6.07, 6.45) is 4.28. The molecule has 1 saturated heterocycles. The Hall–Kier alpha value is -2.21. The van der Waals surface area contributed by atoms with E-state index in [1.807, 2.05) is 31.2 Å². The number of rotatable bonds is 6. The van der Waals surface area contributed by atoms with E-state index in [1.54, 1.807) is 6.20 Å². The van der Waals surface area contributed by atoms with Crippen molar-refractivity contribution >= 4 is 11.8 Å². The summed E-state index contributed by atoms with van der Waals surface area (Å²) < 4.78 is 5.63. The fourth-order valence-corrected chi connectivity index (χ4v) is 2.44. The highest BCUT2D eigenvalue weighted by Gasteiger charge is 2.15. The van der Waals surface area contributed by atoms with Crippen molar-refractivity contribution in [3.63, 3.8) is 0 Å². The van der Waals surface area contributed by atoms with E-state index in [4.69, 9.17) is 4.74 Å². The highest BCUT2D eigenvalue weighted by atomic mass is 16.5. The lowest BCUT2D eigenvalue weighted by molar-refractivity contribution is 0.120. The second kappa shape index (κ2) is 7.17. The van der Waals surface area contributed by atoms with Gasteiger partial charge in [0.25, 0.3) is 0 Å². The predicted molar refractivity (Wildman–Crippen MR) is 86.9 cm³/mol. The zero-order valence-corrected chi connectivity index (χ0v) is 12.7. The number of hydrogen-bond donors (Lipinski definition) is 2. The minimum atomic E-state index is 0.274. The van der Waals surface area contributed by atoms with Crippen LogP contribution in [0.15, 0.2) is 30.5 Å². The molecule has 2 N–H and O–H groups in total. The Balaban J connectivity index is 1.80. The van der Waals surface area contributed by atoms with E-state index in [0.717, 1.165) is 49.7 Å². The normalized spacial score (nSPS) is 17.4. The molecule has 6 heteroatoms. The average Bonchev–Trinajstić information content (AvgIpc) is 3.07. The number of ether oxygens (including phenoxy) is 1. The van der Waals surface area contributed by atoms with Gasteiger partial charge in [-0.2, -0.15) is 4.98 Å². The third-order valence-electron chi connectivity index (χ3n) is 3.52. The van der Waals surface area contributed by atoms with E-state index < -0.39 is 0 Å². The summed E-state index contributed by atoms with van der Waals surface area (Å²) in [5.41, 5.74) is 1.64. The van der Waals surface area contributed by atoms with Crippen LogP contribution in [0.25, 0.3) is 11.4 Å². The van der Waals surface area contributed by atoms with Gasteiger partial charge in [0.05, 0.1) is 17.5 Å². The molecule has 6 nitrogen and oxygen atoms in total. The molecule has 1 aliphatic heterocycles. The van der Waals surface area contributed by atoms with Crippen molar-refractivity contribution in [1.82, 2.24) is 15.0 Å². The highest BCUT2D eigenvalue weighted by molar-refractivity contribution is 5.60. The summed E-state index contributed by atoms with van der Waals surface area (Å²) in [6, 6.07) is 7.73. The molecule has 0 spiro atoms. The van der Waals surface area contributed by atoms with Crippen LogP contribution < -0.4 is 10.6 Å². The van der Waals surface area contributed by atoms with Gasteiger partial charge >= 0.3 is 0 Å². The lowest BCUT2D eigenvalue weighted by Crippen LogP contribution is -2.19. The SMILES string of the molecule is CCNc1nc(NC[C@@H]2CCCO2)cc(-c2ccccn2)n1. The van der Waals surface area contributed by atoms with Gasteiger partial charge in [-0.05, 0) is 31.9 Å². The maximum Gasteiger partial charge on any atom is 0.225 e. The van der Waals surface area contributed by atoms with E-state index in [-0.39, 0.29) is 6.10 Å². The number of anilines is 2. The molecule has 1 aliphatic rings. The van der Waals surface area contributed by atoms with Crippen LogP contribution in [0, 0.1) is 0 Å². The Morgan fingerprint density at radius 2 is 2.18 bits per heavy atom. The van der Waals surface area contributed by atoms with E-state index in [9.17, 15) is 0 Å². The first-order valence-electron chi connectivity index (χ1n) is 7.75. The maximum atomic E-state index is 5.63. The lowest BCUT2D eigenvalue weighted by Gasteiger charge is -2.13. The smallest absolute Gasteiger partial charge is 0.225 e. The molecule has 2 aromatic heterocycles. The third-order valence-corrected chi connectivity index (χ3v) is 3.52. The van der Waals surface area contributed by atoms with E-state index >= 15 is 0 Å². The quantitative estimate of drug-likeness (QED) is 0.854. The third kappa shape index (κ3) is 3.71. The molecule has 0 unspecified atom stereocenters. The number of nitrogens with one attached hydrogen (secondary N) is 2. The monoisotopic (exact) mass is 299 g/mol. The Kier molecular flexibility index (Phi) is 4.80. The van der Waals surface area contributed by atoms with Crippen LogP contribution >= 0.6 is 0 Å². The lowest BCUT2D eigenvalue weighted by atomic mass is 10.2. The van der Waals surface area contributed by atoms with Crippen molar-refractivity contribution in [2.45, 2.75) is 25.9 Å². The maximum absolute atomic E-state index is 5.63. The summed E-state index contributed by atoms with van der Waals surface area (Å²) in [5, 5.41) is 6.52. The van der Waals surface area contributed by atoms with E-state index in [2.05, 4.69) is 25.6 Å². The molecule has 0 saturated carbocycles. The molecule has 1 atom stereocenters. The molecule has 3 heterocycles. The molecule has 22 heavy (non-hydrogen) atoms. The van der Waals surface area contributed by atoms with Gasteiger partial charge in [0, 0.05) is 32.0 Å². The molecule has 0 aliphatic carbocycles. The predicted octanol–water partition coefficient (Wildman–Crippen LogP) is 2.56. The topological polar surface area (TPSA) is 72.0 Å². The van der Waals surface area contributed by atoms with Crippen LogP contribution in [0.2, 0.25) is 0 Å². The van der Waals surface area contributed by atoms with Crippen molar-refractivity contribution < 1.29 is 4.74 Å². The minimum absolute atomic E-state index is 0.274. The van der Waals surface area contributed by atoms with E-state index in [0.29, 0.717) is 5.95 Å². The van der Waals surface area contributed by atoms with Crippen LogP contribution in [-0.2, 0) is 4.74 Å². The first-order valence-corrected chi connectivity index (χ1v) is 7.75. The van der Waals surface area contributed by atoms with Gasteiger partial charge in [0.2, 0.25) is 5.95 Å². The fraction of sp³-hybridized carbons (Fsp3) is 0.438. The van der Waals surface area contributed by atoms with Gasteiger partial charge in [0.15, 0.2) is 0 Å². The molecule has 0 amide bonds. The average molecular weight is 299 g/mol. The summed E-state index contributed by atoms with van der Waals surface area (Å²) >= 11 is 0. The van der Waals surface area contributed by atoms with Crippen molar-refractivity contribution in [3.05, 3.63) is 30.5 Å². The van der Waals surface area contributed by atoms with Crippen LogP contribution in [0.4, 0.5) is 11.8 Å².